The lowest BCUT2D eigenvalue weighted by Gasteiger charge is -2.36. The van der Waals surface area contributed by atoms with Crippen LogP contribution in [0.3, 0.4) is 0 Å². The topological polar surface area (TPSA) is 74.4 Å². The number of aliphatic imine (C=N–C) groups is 1. The summed E-state index contributed by atoms with van der Waals surface area (Å²) >= 11 is 0. The summed E-state index contributed by atoms with van der Waals surface area (Å²) in [7, 11) is 4.06. The van der Waals surface area contributed by atoms with E-state index in [1.54, 1.807) is 4.90 Å². The van der Waals surface area contributed by atoms with Gasteiger partial charge in [0.2, 0.25) is 0 Å². The van der Waals surface area contributed by atoms with Crippen LogP contribution in [0.15, 0.2) is 29.3 Å². The van der Waals surface area contributed by atoms with Crippen LogP contribution in [-0.4, -0.2) is 74.3 Å². The van der Waals surface area contributed by atoms with E-state index in [-0.39, 0.29) is 6.09 Å². The smallest absolute Gasteiger partial charge is 0.410 e. The molecule has 0 aliphatic carbocycles. The number of ether oxygens (including phenoxy) is 1. The molecule has 1 aliphatic rings. The first-order valence-corrected chi connectivity index (χ1v) is 9.45. The molecule has 1 amide bonds. The average Bonchev–Trinajstić information content (AvgIpc) is 2.60. The van der Waals surface area contributed by atoms with Crippen molar-refractivity contribution in [1.29, 1.82) is 0 Å². The third-order valence-electron chi connectivity index (χ3n) is 4.38. The van der Waals surface area contributed by atoms with E-state index in [1.807, 2.05) is 39.8 Å². The van der Waals surface area contributed by atoms with Crippen molar-refractivity contribution in [2.75, 3.05) is 51.7 Å². The van der Waals surface area contributed by atoms with E-state index in [1.165, 1.54) is 11.3 Å². The van der Waals surface area contributed by atoms with E-state index >= 15 is 0 Å². The molecular formula is C20H33N5O2. The summed E-state index contributed by atoms with van der Waals surface area (Å²) in [5, 5.41) is 0. The van der Waals surface area contributed by atoms with Crippen molar-refractivity contribution in [3.63, 3.8) is 0 Å². The van der Waals surface area contributed by atoms with Gasteiger partial charge in [0.05, 0.1) is 0 Å². The molecule has 0 bridgehead atoms. The number of benzene rings is 1. The predicted molar refractivity (Wildman–Crippen MR) is 110 cm³/mol. The number of amides is 1. The minimum Gasteiger partial charge on any atom is -0.444 e. The molecule has 7 nitrogen and oxygen atoms in total. The molecule has 0 aromatic heterocycles. The Hall–Kier alpha value is -2.44. The highest BCUT2D eigenvalue weighted by atomic mass is 16.6. The fourth-order valence-electron chi connectivity index (χ4n) is 2.80. The maximum absolute atomic E-state index is 12.1. The molecule has 0 atom stereocenters. The number of carbonyl (C=O) groups is 1. The van der Waals surface area contributed by atoms with Crippen LogP contribution in [0.4, 0.5) is 10.5 Å². The number of nitrogens with two attached hydrogens (primary N) is 1. The van der Waals surface area contributed by atoms with Crippen LogP contribution < -0.4 is 10.6 Å². The highest BCUT2D eigenvalue weighted by Crippen LogP contribution is 2.13. The molecular weight excluding hydrogens is 342 g/mol. The Balaban J connectivity index is 1.78. The van der Waals surface area contributed by atoms with Crippen molar-refractivity contribution < 1.29 is 9.53 Å². The van der Waals surface area contributed by atoms with Gasteiger partial charge in [0.15, 0.2) is 5.96 Å². The van der Waals surface area contributed by atoms with Gasteiger partial charge in [-0.1, -0.05) is 12.1 Å². The van der Waals surface area contributed by atoms with Gasteiger partial charge in [-0.3, -0.25) is 4.99 Å². The number of rotatable bonds is 4. The quantitative estimate of drug-likeness (QED) is 0.645. The SMILES string of the molecule is CN(C)c1ccc(CCN=C(N)N2CCN(C(=O)OC(C)(C)C)CC2)cc1. The van der Waals surface area contributed by atoms with Crippen molar-refractivity contribution in [2.24, 2.45) is 10.7 Å². The molecule has 7 heteroatoms. The summed E-state index contributed by atoms with van der Waals surface area (Å²) in [6.07, 6.45) is 0.588. The molecule has 2 rings (SSSR count). The maximum Gasteiger partial charge on any atom is 0.410 e. The van der Waals surface area contributed by atoms with Crippen LogP contribution in [-0.2, 0) is 11.2 Å². The van der Waals surface area contributed by atoms with Gasteiger partial charge in [-0.05, 0) is 44.9 Å². The van der Waals surface area contributed by atoms with Gasteiger partial charge in [0.1, 0.15) is 5.60 Å². The molecule has 1 heterocycles. The number of carbonyl (C=O) groups excluding carboxylic acids is 1. The first-order valence-electron chi connectivity index (χ1n) is 9.45. The number of guanidine groups is 1. The van der Waals surface area contributed by atoms with E-state index in [0.29, 0.717) is 38.7 Å². The molecule has 27 heavy (non-hydrogen) atoms. The highest BCUT2D eigenvalue weighted by Gasteiger charge is 2.26. The molecule has 1 fully saturated rings. The summed E-state index contributed by atoms with van der Waals surface area (Å²) in [6.45, 7) is 8.81. The van der Waals surface area contributed by atoms with Gasteiger partial charge in [0.25, 0.3) is 0 Å². The van der Waals surface area contributed by atoms with Crippen molar-refractivity contribution in [1.82, 2.24) is 9.80 Å². The zero-order valence-corrected chi connectivity index (χ0v) is 17.2. The summed E-state index contributed by atoms with van der Waals surface area (Å²) < 4.78 is 5.41. The Kier molecular flexibility index (Phi) is 6.93. The summed E-state index contributed by atoms with van der Waals surface area (Å²) in [5.41, 5.74) is 8.09. The monoisotopic (exact) mass is 375 g/mol. The third kappa shape index (κ3) is 6.66. The molecule has 1 aliphatic heterocycles. The summed E-state index contributed by atoms with van der Waals surface area (Å²) in [6, 6.07) is 8.47. The molecule has 0 spiro atoms. The summed E-state index contributed by atoms with van der Waals surface area (Å²) in [4.78, 5) is 22.4. The van der Waals surface area contributed by atoms with E-state index in [9.17, 15) is 4.79 Å². The number of piperazine rings is 1. The van der Waals surface area contributed by atoms with Gasteiger partial charge in [0, 0.05) is 52.5 Å². The minimum atomic E-state index is -0.473. The number of nitrogens with zero attached hydrogens (tertiary/aromatic N) is 4. The zero-order valence-electron chi connectivity index (χ0n) is 17.2. The largest absolute Gasteiger partial charge is 0.444 e. The van der Waals surface area contributed by atoms with Gasteiger partial charge in [-0.25, -0.2) is 4.79 Å². The molecule has 0 radical (unpaired) electrons. The second-order valence-corrected chi connectivity index (χ2v) is 8.01. The Morgan fingerprint density at radius 1 is 1.11 bits per heavy atom. The molecule has 1 aromatic rings. The standard InChI is InChI=1S/C20H33N5O2/c1-20(2,3)27-19(26)25-14-12-24(13-15-25)18(21)22-11-10-16-6-8-17(9-7-16)23(4)5/h6-9H,10-15H2,1-5H3,(H2,21,22). The first-order chi connectivity index (χ1) is 12.7. The van der Waals surface area contributed by atoms with E-state index in [4.69, 9.17) is 10.5 Å². The number of hydrogen-bond donors (Lipinski definition) is 1. The van der Waals surface area contributed by atoms with Crippen LogP contribution in [0.2, 0.25) is 0 Å². The molecule has 1 saturated heterocycles. The second kappa shape index (κ2) is 8.97. The molecule has 0 saturated carbocycles. The van der Waals surface area contributed by atoms with Crippen molar-refractivity contribution in [3.8, 4) is 0 Å². The molecule has 150 valence electrons. The Morgan fingerprint density at radius 2 is 1.67 bits per heavy atom. The number of anilines is 1. The molecule has 2 N–H and O–H groups in total. The predicted octanol–water partition coefficient (Wildman–Crippen LogP) is 2.16. The Morgan fingerprint density at radius 3 is 2.19 bits per heavy atom. The Labute approximate surface area is 162 Å². The van der Waals surface area contributed by atoms with E-state index < -0.39 is 5.60 Å². The van der Waals surface area contributed by atoms with Gasteiger partial charge in [-0.15, -0.1) is 0 Å². The van der Waals surface area contributed by atoms with Crippen molar-refractivity contribution in [2.45, 2.75) is 32.8 Å². The van der Waals surface area contributed by atoms with Crippen LogP contribution in [0.5, 0.6) is 0 Å². The van der Waals surface area contributed by atoms with Crippen molar-refractivity contribution >= 4 is 17.7 Å². The molecule has 0 unspecified atom stereocenters. The van der Waals surface area contributed by atoms with Crippen molar-refractivity contribution in [3.05, 3.63) is 29.8 Å². The van der Waals surface area contributed by atoms with Crippen LogP contribution in [0.25, 0.3) is 0 Å². The lowest BCUT2D eigenvalue weighted by atomic mass is 10.1. The second-order valence-electron chi connectivity index (χ2n) is 8.01. The highest BCUT2D eigenvalue weighted by molar-refractivity contribution is 5.78. The average molecular weight is 376 g/mol. The van der Waals surface area contributed by atoms with Gasteiger partial charge >= 0.3 is 6.09 Å². The summed E-state index contributed by atoms with van der Waals surface area (Å²) in [5.74, 6) is 0.545. The fraction of sp³-hybridized carbons (Fsp3) is 0.600. The number of hydrogen-bond acceptors (Lipinski definition) is 4. The third-order valence-corrected chi connectivity index (χ3v) is 4.38. The fourth-order valence-corrected chi connectivity index (χ4v) is 2.80. The van der Waals surface area contributed by atoms with E-state index in [0.717, 1.165) is 6.42 Å². The van der Waals surface area contributed by atoms with Gasteiger partial charge in [-0.2, -0.15) is 0 Å². The van der Waals surface area contributed by atoms with Gasteiger partial charge < -0.3 is 25.2 Å². The first kappa shape index (κ1) is 20.9. The van der Waals surface area contributed by atoms with E-state index in [2.05, 4.69) is 34.2 Å². The van der Waals surface area contributed by atoms with Crippen LogP contribution in [0.1, 0.15) is 26.3 Å². The lowest BCUT2D eigenvalue weighted by molar-refractivity contribution is 0.0186. The van der Waals surface area contributed by atoms with Crippen LogP contribution >= 0.6 is 0 Å². The zero-order chi connectivity index (χ0) is 20.0. The minimum absolute atomic E-state index is 0.265. The van der Waals surface area contributed by atoms with Crippen LogP contribution in [0, 0.1) is 0 Å². The molecule has 1 aromatic carbocycles. The maximum atomic E-state index is 12.1. The Bertz CT molecular complexity index is 641. The lowest BCUT2D eigenvalue weighted by Crippen LogP contribution is -2.53. The normalized spacial score (nSPS) is 15.7.